The van der Waals surface area contributed by atoms with E-state index in [-0.39, 0.29) is 17.4 Å². The van der Waals surface area contributed by atoms with Gasteiger partial charge in [-0.15, -0.1) is 0 Å². The monoisotopic (exact) mass is 654 g/mol. The van der Waals surface area contributed by atoms with Gasteiger partial charge in [-0.3, -0.25) is 4.79 Å². The second-order valence-corrected chi connectivity index (χ2v) is 14.4. The van der Waals surface area contributed by atoms with Crippen molar-refractivity contribution in [1.82, 2.24) is 4.58 Å². The van der Waals surface area contributed by atoms with Gasteiger partial charge in [0.05, 0.1) is 6.07 Å². The Hall–Kier alpha value is -3.13. The summed E-state index contributed by atoms with van der Waals surface area (Å²) in [7, 11) is 0. The largest absolute Gasteiger partial charge is 0.456 e. The van der Waals surface area contributed by atoms with Gasteiger partial charge >= 0.3 is 0 Å². The summed E-state index contributed by atoms with van der Waals surface area (Å²) in [5, 5.41) is 2.24. The molecule has 2 heterocycles. The maximum absolute atomic E-state index is 13.6. The van der Waals surface area contributed by atoms with Crippen molar-refractivity contribution in [2.45, 2.75) is 95.4 Å². The molecule has 2 aromatic carbocycles. The number of carbonyl (C=O) groups excluding carboxylic acids is 1. The Morgan fingerprint density at radius 2 is 1.68 bits per heavy atom. The second kappa shape index (κ2) is 15.4. The third-order valence-corrected chi connectivity index (χ3v) is 11.5. The lowest BCUT2D eigenvalue weighted by atomic mass is 9.82. The number of carbonyl (C=O) groups is 1. The fraction of sp³-hybridized carbons (Fsp3) is 0.500. The standard InChI is InChI=1S/C40H52N3O3S/c1-5-42(6-2)30-17-19-32-36(25-30)46-37-26-31(43(7-3)8-4)18-20-33(37)40(32)34-23-27(24-35(44)28-13-15-29(41)16-14-28)12-21-38(34)47-39-11-9-10-22-45-39/h12,17-21,23,25-26,28-29,39H,5-11,13-16,22,24,41H2,1-4H3/q+1. The summed E-state index contributed by atoms with van der Waals surface area (Å²) >= 11 is 1.82. The van der Waals surface area contributed by atoms with Crippen LogP contribution in [0.1, 0.15) is 78.2 Å². The van der Waals surface area contributed by atoms with Crippen LogP contribution in [0.3, 0.4) is 0 Å². The number of ether oxygens (including phenoxy) is 1. The number of hydrogen-bond donors (Lipinski definition) is 1. The molecule has 2 aliphatic carbocycles. The molecule has 0 aromatic heterocycles. The second-order valence-electron chi connectivity index (χ2n) is 13.2. The van der Waals surface area contributed by atoms with Gasteiger partial charge in [-0.05, 0) is 114 Å². The highest BCUT2D eigenvalue weighted by atomic mass is 32.2. The van der Waals surface area contributed by atoms with E-state index in [1.54, 1.807) is 0 Å². The zero-order chi connectivity index (χ0) is 32.9. The Labute approximate surface area is 284 Å². The van der Waals surface area contributed by atoms with Crippen LogP contribution >= 0.6 is 11.8 Å². The van der Waals surface area contributed by atoms with Crippen LogP contribution in [0.2, 0.25) is 0 Å². The molecule has 1 unspecified atom stereocenters. The predicted octanol–water partition coefficient (Wildman–Crippen LogP) is 8.11. The fourth-order valence-corrected chi connectivity index (χ4v) is 8.61. The molecule has 1 saturated heterocycles. The summed E-state index contributed by atoms with van der Waals surface area (Å²) in [6.45, 7) is 13.3. The van der Waals surface area contributed by atoms with Crippen molar-refractivity contribution in [2.75, 3.05) is 37.7 Å². The van der Waals surface area contributed by atoms with Crippen LogP contribution in [0.5, 0.6) is 0 Å². The number of nitrogens with two attached hydrogens (primary N) is 1. The molecule has 2 aromatic rings. The number of hydrogen-bond acceptors (Lipinski definition) is 6. The number of thioether (sulfide) groups is 1. The van der Waals surface area contributed by atoms with Gasteiger partial charge in [0.25, 0.3) is 0 Å². The first-order valence-corrected chi connectivity index (χ1v) is 18.8. The van der Waals surface area contributed by atoms with Crippen LogP contribution in [0.25, 0.3) is 33.4 Å². The Balaban J connectivity index is 1.54. The molecule has 1 atom stereocenters. The van der Waals surface area contributed by atoms with Crippen molar-refractivity contribution in [1.29, 1.82) is 0 Å². The minimum absolute atomic E-state index is 0.108. The van der Waals surface area contributed by atoms with E-state index in [0.29, 0.717) is 12.2 Å². The van der Waals surface area contributed by atoms with E-state index >= 15 is 0 Å². The van der Waals surface area contributed by atoms with E-state index < -0.39 is 0 Å². The number of benzene rings is 3. The minimum atomic E-state index is 0.108. The molecule has 47 heavy (non-hydrogen) atoms. The van der Waals surface area contributed by atoms with Crippen molar-refractivity contribution in [2.24, 2.45) is 11.7 Å². The molecular weight excluding hydrogens is 603 g/mol. The highest BCUT2D eigenvalue weighted by Crippen LogP contribution is 2.46. The number of ketones is 1. The maximum atomic E-state index is 13.6. The lowest BCUT2D eigenvalue weighted by Crippen LogP contribution is -2.30. The van der Waals surface area contributed by atoms with Crippen LogP contribution in [0.15, 0.2) is 63.9 Å². The highest BCUT2D eigenvalue weighted by molar-refractivity contribution is 8.00. The summed E-state index contributed by atoms with van der Waals surface area (Å²) < 4.78 is 15.4. The summed E-state index contributed by atoms with van der Waals surface area (Å²) in [4.78, 5) is 17.1. The fourth-order valence-electron chi connectivity index (χ4n) is 7.45. The average molecular weight is 655 g/mol. The van der Waals surface area contributed by atoms with Gasteiger partial charge in [0.15, 0.2) is 0 Å². The van der Waals surface area contributed by atoms with Gasteiger partial charge in [0, 0.05) is 77.3 Å². The third-order valence-electron chi connectivity index (χ3n) is 10.3. The molecule has 4 aliphatic rings. The lowest BCUT2D eigenvalue weighted by Gasteiger charge is -2.26. The molecule has 0 amide bonds. The molecule has 0 spiro atoms. The van der Waals surface area contributed by atoms with Gasteiger partial charge < -0.3 is 19.8 Å². The molecule has 6 nitrogen and oxygen atoms in total. The quantitative estimate of drug-likeness (QED) is 0.130. The Morgan fingerprint density at radius 3 is 2.38 bits per heavy atom. The Bertz CT molecular complexity index is 1720. The van der Waals surface area contributed by atoms with E-state index in [2.05, 4.69) is 91.8 Å². The SMILES string of the molecule is CCN(CC)c1ccc2c(-c3cc(CC(=O)C4CCC(N)CC4)ccc3SC3CCCCO3)c3ccc(=[N+](CC)CC)cc-3oc2c1. The highest BCUT2D eigenvalue weighted by Gasteiger charge is 2.27. The van der Waals surface area contributed by atoms with E-state index in [1.165, 1.54) is 11.3 Å². The summed E-state index contributed by atoms with van der Waals surface area (Å²) in [6, 6.07) is 20.2. The smallest absolute Gasteiger partial charge is 0.203 e. The molecule has 6 rings (SSSR count). The number of anilines is 1. The number of rotatable bonds is 11. The van der Waals surface area contributed by atoms with Crippen molar-refractivity contribution in [3.8, 4) is 22.5 Å². The summed E-state index contributed by atoms with van der Waals surface area (Å²) in [6.07, 6.45) is 7.48. The van der Waals surface area contributed by atoms with Crippen LogP contribution < -0.4 is 20.6 Å². The maximum Gasteiger partial charge on any atom is 0.203 e. The molecule has 0 bridgehead atoms. The minimum Gasteiger partial charge on any atom is -0.456 e. The van der Waals surface area contributed by atoms with Crippen molar-refractivity contribution < 1.29 is 13.9 Å². The molecule has 1 saturated carbocycles. The van der Waals surface area contributed by atoms with Crippen LogP contribution in [0.4, 0.5) is 5.69 Å². The third kappa shape index (κ3) is 7.48. The first kappa shape index (κ1) is 33.8. The van der Waals surface area contributed by atoms with Crippen LogP contribution in [-0.4, -0.2) is 50.0 Å². The Kier molecular flexibility index (Phi) is 11.1. The zero-order valence-corrected chi connectivity index (χ0v) is 29.5. The van der Waals surface area contributed by atoms with Crippen LogP contribution in [0, 0.1) is 5.92 Å². The first-order valence-electron chi connectivity index (χ1n) is 18.0. The van der Waals surface area contributed by atoms with E-state index in [9.17, 15) is 4.79 Å². The van der Waals surface area contributed by atoms with Gasteiger partial charge in [-0.2, -0.15) is 0 Å². The van der Waals surface area contributed by atoms with Gasteiger partial charge in [0.1, 0.15) is 35.7 Å². The molecule has 2 aliphatic heterocycles. The predicted molar refractivity (Wildman–Crippen MR) is 196 cm³/mol. The molecule has 2 N–H and O–H groups in total. The van der Waals surface area contributed by atoms with Gasteiger partial charge in [0.2, 0.25) is 5.36 Å². The summed E-state index contributed by atoms with van der Waals surface area (Å²) in [5.41, 5.74) is 12.8. The molecule has 250 valence electrons. The van der Waals surface area contributed by atoms with Crippen molar-refractivity contribution in [3.63, 3.8) is 0 Å². The Morgan fingerprint density at radius 1 is 0.894 bits per heavy atom. The number of Topliss-reactive ketones (excluding diaryl/α,β-unsaturated/α-hetero) is 1. The average Bonchev–Trinajstić information content (AvgIpc) is 3.09. The molecule has 7 heteroatoms. The topological polar surface area (TPSA) is 71.7 Å². The van der Waals surface area contributed by atoms with E-state index in [4.69, 9.17) is 14.9 Å². The van der Waals surface area contributed by atoms with Crippen LogP contribution in [-0.2, 0) is 16.0 Å². The normalized spacial score (nSPS) is 20.1. The first-order chi connectivity index (χ1) is 22.9. The number of fused-ring (bicyclic) bond motifs is 2. The van der Waals surface area contributed by atoms with E-state index in [0.717, 1.165) is 121 Å². The molecule has 0 radical (unpaired) electrons. The van der Waals surface area contributed by atoms with Gasteiger partial charge in [-0.25, -0.2) is 4.58 Å². The lowest BCUT2D eigenvalue weighted by molar-refractivity contribution is -0.123. The summed E-state index contributed by atoms with van der Waals surface area (Å²) in [5.74, 6) is 1.32. The van der Waals surface area contributed by atoms with E-state index in [1.807, 2.05) is 11.8 Å². The van der Waals surface area contributed by atoms with Crippen molar-refractivity contribution in [3.05, 3.63) is 65.5 Å². The zero-order valence-electron chi connectivity index (χ0n) is 28.7. The van der Waals surface area contributed by atoms with Crippen molar-refractivity contribution >= 4 is 34.2 Å². The number of nitrogens with zero attached hydrogens (tertiary/aromatic N) is 2. The van der Waals surface area contributed by atoms with Gasteiger partial charge in [-0.1, -0.05) is 17.8 Å². The molecular formula is C40H52N3O3S+. The molecule has 2 fully saturated rings.